The van der Waals surface area contributed by atoms with Crippen molar-refractivity contribution in [2.45, 2.75) is 20.1 Å². The number of rotatable bonds is 5. The summed E-state index contributed by atoms with van der Waals surface area (Å²) in [6.07, 6.45) is 1.82. The molecule has 1 aromatic carbocycles. The van der Waals surface area contributed by atoms with Gasteiger partial charge in [-0.05, 0) is 36.8 Å². The molecular weight excluding hydrogens is 224 g/mol. The fourth-order valence-electron chi connectivity index (χ4n) is 1.89. The topological polar surface area (TPSA) is 36.4 Å². The predicted octanol–water partition coefficient (Wildman–Crippen LogP) is 2.60. The SMILES string of the molecule is CCN(Cc1ccccn1)c1ccc(CO)cc1. The van der Waals surface area contributed by atoms with Crippen molar-refractivity contribution in [2.24, 2.45) is 0 Å². The predicted molar refractivity (Wildman–Crippen MR) is 73.3 cm³/mol. The van der Waals surface area contributed by atoms with Gasteiger partial charge in [0.1, 0.15) is 0 Å². The number of hydrogen-bond acceptors (Lipinski definition) is 3. The second kappa shape index (κ2) is 6.17. The molecule has 0 amide bonds. The maximum absolute atomic E-state index is 9.04. The van der Waals surface area contributed by atoms with Crippen molar-refractivity contribution in [3.63, 3.8) is 0 Å². The largest absolute Gasteiger partial charge is 0.392 e. The smallest absolute Gasteiger partial charge is 0.0681 e. The molecule has 0 bridgehead atoms. The first-order valence-corrected chi connectivity index (χ1v) is 6.18. The van der Waals surface area contributed by atoms with Crippen LogP contribution >= 0.6 is 0 Å². The van der Waals surface area contributed by atoms with Crippen molar-refractivity contribution < 1.29 is 5.11 Å². The lowest BCUT2D eigenvalue weighted by Crippen LogP contribution is -2.22. The van der Waals surface area contributed by atoms with Gasteiger partial charge in [-0.15, -0.1) is 0 Å². The summed E-state index contributed by atoms with van der Waals surface area (Å²) < 4.78 is 0. The van der Waals surface area contributed by atoms with Gasteiger partial charge in [0.15, 0.2) is 0 Å². The molecule has 0 saturated carbocycles. The molecule has 1 aromatic heterocycles. The molecule has 0 fully saturated rings. The number of hydrogen-bond donors (Lipinski definition) is 1. The fraction of sp³-hybridized carbons (Fsp3) is 0.267. The van der Waals surface area contributed by atoms with E-state index in [2.05, 4.69) is 16.8 Å². The summed E-state index contributed by atoms with van der Waals surface area (Å²) in [6.45, 7) is 3.94. The Balaban J connectivity index is 2.12. The third kappa shape index (κ3) is 3.08. The van der Waals surface area contributed by atoms with Gasteiger partial charge >= 0.3 is 0 Å². The van der Waals surface area contributed by atoms with Crippen LogP contribution in [0.15, 0.2) is 48.7 Å². The molecule has 0 unspecified atom stereocenters. The molecule has 0 radical (unpaired) electrons. The quantitative estimate of drug-likeness (QED) is 0.875. The van der Waals surface area contributed by atoms with Gasteiger partial charge in [-0.25, -0.2) is 0 Å². The van der Waals surface area contributed by atoms with Crippen molar-refractivity contribution in [1.29, 1.82) is 0 Å². The number of anilines is 1. The van der Waals surface area contributed by atoms with Crippen molar-refractivity contribution in [3.8, 4) is 0 Å². The Morgan fingerprint density at radius 1 is 1.11 bits per heavy atom. The van der Waals surface area contributed by atoms with Crippen LogP contribution in [0.25, 0.3) is 0 Å². The third-order valence-electron chi connectivity index (χ3n) is 2.94. The average molecular weight is 242 g/mol. The second-order valence-electron chi connectivity index (χ2n) is 4.16. The van der Waals surface area contributed by atoms with E-state index in [-0.39, 0.29) is 6.61 Å². The van der Waals surface area contributed by atoms with E-state index >= 15 is 0 Å². The summed E-state index contributed by atoms with van der Waals surface area (Å²) in [4.78, 5) is 6.60. The number of pyridine rings is 1. The first kappa shape index (κ1) is 12.6. The van der Waals surface area contributed by atoms with Crippen LogP contribution in [0.4, 0.5) is 5.69 Å². The Hall–Kier alpha value is -1.87. The molecule has 0 spiro atoms. The number of aliphatic hydroxyl groups excluding tert-OH is 1. The highest BCUT2D eigenvalue weighted by Gasteiger charge is 2.05. The van der Waals surface area contributed by atoms with Gasteiger partial charge in [0.05, 0.1) is 18.8 Å². The minimum absolute atomic E-state index is 0.0899. The molecule has 2 rings (SSSR count). The Labute approximate surface area is 108 Å². The standard InChI is InChI=1S/C15H18N2O/c1-2-17(11-14-5-3-4-10-16-14)15-8-6-13(12-18)7-9-15/h3-10,18H,2,11-12H2,1H3. The molecule has 3 heteroatoms. The molecule has 94 valence electrons. The first-order chi connectivity index (χ1) is 8.83. The minimum Gasteiger partial charge on any atom is -0.392 e. The highest BCUT2D eigenvalue weighted by atomic mass is 16.3. The van der Waals surface area contributed by atoms with Crippen LogP contribution in [0.2, 0.25) is 0 Å². The molecule has 18 heavy (non-hydrogen) atoms. The van der Waals surface area contributed by atoms with Crippen LogP contribution in [-0.4, -0.2) is 16.6 Å². The van der Waals surface area contributed by atoms with Gasteiger partial charge < -0.3 is 10.0 Å². The van der Waals surface area contributed by atoms with Gasteiger partial charge in [-0.2, -0.15) is 0 Å². The lowest BCUT2D eigenvalue weighted by molar-refractivity contribution is 0.282. The van der Waals surface area contributed by atoms with Crippen LogP contribution in [0.5, 0.6) is 0 Å². The zero-order valence-corrected chi connectivity index (χ0v) is 10.6. The lowest BCUT2D eigenvalue weighted by atomic mass is 10.2. The van der Waals surface area contributed by atoms with E-state index in [1.807, 2.05) is 48.7 Å². The molecule has 2 aromatic rings. The lowest BCUT2D eigenvalue weighted by Gasteiger charge is -2.22. The van der Waals surface area contributed by atoms with E-state index < -0.39 is 0 Å². The van der Waals surface area contributed by atoms with Crippen molar-refractivity contribution in [1.82, 2.24) is 4.98 Å². The van der Waals surface area contributed by atoms with Gasteiger partial charge in [0.25, 0.3) is 0 Å². The van der Waals surface area contributed by atoms with E-state index in [1.165, 1.54) is 0 Å². The van der Waals surface area contributed by atoms with Gasteiger partial charge in [-0.3, -0.25) is 4.98 Å². The molecule has 0 atom stereocenters. The van der Waals surface area contributed by atoms with E-state index in [4.69, 9.17) is 5.11 Å². The summed E-state index contributed by atoms with van der Waals surface area (Å²) in [5, 5.41) is 9.04. The van der Waals surface area contributed by atoms with Crippen LogP contribution in [0.1, 0.15) is 18.2 Å². The Kier molecular flexibility index (Phi) is 4.31. The molecule has 0 aliphatic rings. The van der Waals surface area contributed by atoms with Crippen LogP contribution in [0.3, 0.4) is 0 Å². The monoisotopic (exact) mass is 242 g/mol. The first-order valence-electron chi connectivity index (χ1n) is 6.18. The molecule has 0 saturated heterocycles. The summed E-state index contributed by atoms with van der Waals surface area (Å²) in [7, 11) is 0. The normalized spacial score (nSPS) is 10.3. The average Bonchev–Trinajstić information content (AvgIpc) is 2.46. The zero-order chi connectivity index (χ0) is 12.8. The third-order valence-corrected chi connectivity index (χ3v) is 2.94. The van der Waals surface area contributed by atoms with E-state index in [0.29, 0.717) is 0 Å². The summed E-state index contributed by atoms with van der Waals surface area (Å²) in [5.74, 6) is 0. The van der Waals surface area contributed by atoms with Crippen LogP contribution < -0.4 is 4.90 Å². The molecular formula is C15H18N2O. The van der Waals surface area contributed by atoms with Crippen molar-refractivity contribution in [3.05, 3.63) is 59.9 Å². The summed E-state index contributed by atoms with van der Waals surface area (Å²) >= 11 is 0. The van der Waals surface area contributed by atoms with Gasteiger partial charge in [0.2, 0.25) is 0 Å². The van der Waals surface area contributed by atoms with Crippen LogP contribution in [-0.2, 0) is 13.2 Å². The highest BCUT2D eigenvalue weighted by molar-refractivity contribution is 5.47. The maximum atomic E-state index is 9.04. The number of aliphatic hydroxyl groups is 1. The summed E-state index contributed by atoms with van der Waals surface area (Å²) in [5.41, 5.74) is 3.15. The fourth-order valence-corrected chi connectivity index (χ4v) is 1.89. The van der Waals surface area contributed by atoms with Gasteiger partial charge in [-0.1, -0.05) is 18.2 Å². The van der Waals surface area contributed by atoms with E-state index in [0.717, 1.165) is 30.0 Å². The molecule has 0 aliphatic heterocycles. The second-order valence-corrected chi connectivity index (χ2v) is 4.16. The van der Waals surface area contributed by atoms with Crippen LogP contribution in [0, 0.1) is 0 Å². The summed E-state index contributed by atoms with van der Waals surface area (Å²) in [6, 6.07) is 14.0. The zero-order valence-electron chi connectivity index (χ0n) is 10.6. The van der Waals surface area contributed by atoms with Crippen molar-refractivity contribution in [2.75, 3.05) is 11.4 Å². The minimum atomic E-state index is 0.0899. The maximum Gasteiger partial charge on any atom is 0.0681 e. The number of nitrogens with zero attached hydrogens (tertiary/aromatic N) is 2. The Morgan fingerprint density at radius 3 is 2.44 bits per heavy atom. The van der Waals surface area contributed by atoms with Crippen molar-refractivity contribution >= 4 is 5.69 Å². The molecule has 0 aliphatic carbocycles. The molecule has 1 N–H and O–H groups in total. The number of aromatic nitrogens is 1. The van der Waals surface area contributed by atoms with E-state index in [1.54, 1.807) is 0 Å². The highest BCUT2D eigenvalue weighted by Crippen LogP contribution is 2.17. The molecule has 1 heterocycles. The van der Waals surface area contributed by atoms with Gasteiger partial charge in [0, 0.05) is 18.4 Å². The Morgan fingerprint density at radius 2 is 1.89 bits per heavy atom. The molecule has 3 nitrogen and oxygen atoms in total. The number of benzene rings is 1. The Bertz CT molecular complexity index is 468. The van der Waals surface area contributed by atoms with E-state index in [9.17, 15) is 0 Å².